The van der Waals surface area contributed by atoms with Crippen molar-refractivity contribution < 1.29 is 13.9 Å². The number of fused-ring (bicyclic) bond motifs is 2. The third-order valence-corrected chi connectivity index (χ3v) is 7.66. The van der Waals surface area contributed by atoms with Crippen molar-refractivity contribution in [2.75, 3.05) is 6.61 Å². The molecular formula is C27H23Cl2FN2O2S. The number of halogens is 3. The largest absolute Gasteiger partial charge is 0.493 e. The number of carbonyl (C=O) groups is 1. The maximum atomic E-state index is 15.2. The number of para-hydroxylation sites is 1. The molecule has 5 rings (SSSR count). The first kappa shape index (κ1) is 24.0. The van der Waals surface area contributed by atoms with Gasteiger partial charge in [-0.15, -0.1) is 11.3 Å². The Bertz CT molecular complexity index is 1440. The zero-order chi connectivity index (χ0) is 24.9. The van der Waals surface area contributed by atoms with Crippen molar-refractivity contribution in [3.63, 3.8) is 0 Å². The highest BCUT2D eigenvalue weighted by Gasteiger charge is 2.32. The van der Waals surface area contributed by atoms with E-state index in [4.69, 9.17) is 27.9 Å². The number of pyridine rings is 1. The predicted octanol–water partition coefficient (Wildman–Crippen LogP) is 7.96. The number of rotatable bonds is 3. The number of hydrogen-bond donors (Lipinski definition) is 1. The molecule has 4 nitrogen and oxygen atoms in total. The number of carbonyl (C=O) groups excluding carboxylic acids is 1. The molecule has 0 saturated heterocycles. The lowest BCUT2D eigenvalue weighted by Crippen LogP contribution is -2.33. The molecule has 4 aromatic rings. The molecule has 2 aromatic heterocycles. The van der Waals surface area contributed by atoms with E-state index in [-0.39, 0.29) is 11.9 Å². The molecule has 0 spiro atoms. The Labute approximate surface area is 217 Å². The van der Waals surface area contributed by atoms with E-state index in [0.717, 1.165) is 16.9 Å². The molecule has 35 heavy (non-hydrogen) atoms. The summed E-state index contributed by atoms with van der Waals surface area (Å²) in [5.41, 5.74) is 2.80. The van der Waals surface area contributed by atoms with E-state index in [0.29, 0.717) is 49.3 Å². The second-order valence-corrected chi connectivity index (χ2v) is 11.5. The van der Waals surface area contributed by atoms with Crippen molar-refractivity contribution in [1.29, 1.82) is 0 Å². The van der Waals surface area contributed by atoms with Crippen molar-refractivity contribution in [3.05, 3.63) is 80.5 Å². The van der Waals surface area contributed by atoms with Crippen molar-refractivity contribution in [3.8, 4) is 16.9 Å². The Morgan fingerprint density at radius 1 is 1.17 bits per heavy atom. The lowest BCUT2D eigenvalue weighted by molar-refractivity contribution is 0.0927. The minimum Gasteiger partial charge on any atom is -0.493 e. The molecule has 8 heteroatoms. The average Bonchev–Trinajstić information content (AvgIpc) is 3.19. The van der Waals surface area contributed by atoms with Crippen LogP contribution in [-0.2, 0) is 5.41 Å². The highest BCUT2D eigenvalue weighted by atomic mass is 35.5. The van der Waals surface area contributed by atoms with E-state index in [1.807, 2.05) is 45.0 Å². The molecule has 1 atom stereocenters. The van der Waals surface area contributed by atoms with Gasteiger partial charge in [-0.2, -0.15) is 0 Å². The molecule has 0 aliphatic carbocycles. The summed E-state index contributed by atoms with van der Waals surface area (Å²) >= 11 is 13.7. The van der Waals surface area contributed by atoms with Crippen LogP contribution in [0.25, 0.3) is 21.3 Å². The first-order chi connectivity index (χ1) is 16.6. The Balaban J connectivity index is 1.65. The predicted molar refractivity (Wildman–Crippen MR) is 140 cm³/mol. The highest BCUT2D eigenvalue weighted by molar-refractivity contribution is 7.21. The number of nitrogens with one attached hydrogen (secondary N) is 1. The van der Waals surface area contributed by atoms with Crippen LogP contribution >= 0.6 is 34.5 Å². The third-order valence-electron chi connectivity index (χ3n) is 6.03. The summed E-state index contributed by atoms with van der Waals surface area (Å²) in [6.07, 6.45) is 1.86. The van der Waals surface area contributed by atoms with Gasteiger partial charge in [-0.1, -0.05) is 62.2 Å². The number of nitrogens with zero attached hydrogens (tertiary/aromatic N) is 1. The fourth-order valence-electron chi connectivity index (χ4n) is 4.55. The van der Waals surface area contributed by atoms with Gasteiger partial charge in [0.15, 0.2) is 5.82 Å². The number of ether oxygens (including phenoxy) is 1. The van der Waals surface area contributed by atoms with Gasteiger partial charge in [0, 0.05) is 33.2 Å². The van der Waals surface area contributed by atoms with E-state index in [2.05, 4.69) is 10.3 Å². The lowest BCUT2D eigenvalue weighted by atomic mass is 9.85. The summed E-state index contributed by atoms with van der Waals surface area (Å²) in [5.74, 6) is 0.0678. The van der Waals surface area contributed by atoms with Crippen LogP contribution < -0.4 is 10.1 Å². The molecule has 180 valence electrons. The Kier molecular flexibility index (Phi) is 6.24. The second-order valence-electron chi connectivity index (χ2n) is 9.57. The molecule has 1 N–H and O–H groups in total. The first-order valence-electron chi connectivity index (χ1n) is 11.2. The summed E-state index contributed by atoms with van der Waals surface area (Å²) in [4.78, 5) is 18.6. The maximum absolute atomic E-state index is 15.2. The SMILES string of the molecule is CC(C)(C)c1c(C(=O)NC2CCOc3ccccc32)sc2c(-c3cc(Cl)cc(Cl)c3)c(F)cnc12. The molecule has 0 saturated carbocycles. The standard InChI is InChI=1S/C27H23Cl2FN2O2S/c1-27(2,3)22-23-24(21(18(30)13-31-23)14-10-15(28)12-16(29)11-14)35-25(22)26(33)32-19-8-9-34-20-7-5-4-6-17(19)20/h4-7,10-13,19H,8-9H2,1-3H3,(H,32,33). The van der Waals surface area contributed by atoms with Crippen molar-refractivity contribution in [1.82, 2.24) is 10.3 Å². The third kappa shape index (κ3) is 4.51. The van der Waals surface area contributed by atoms with Crippen LogP contribution in [0.5, 0.6) is 5.75 Å². The Morgan fingerprint density at radius 3 is 2.60 bits per heavy atom. The van der Waals surface area contributed by atoms with Crippen LogP contribution in [0.3, 0.4) is 0 Å². The van der Waals surface area contributed by atoms with Gasteiger partial charge in [0.05, 0.1) is 33.9 Å². The summed E-state index contributed by atoms with van der Waals surface area (Å²) in [6, 6.07) is 12.5. The topological polar surface area (TPSA) is 51.2 Å². The molecule has 1 aliphatic heterocycles. The fraction of sp³-hybridized carbons (Fsp3) is 0.259. The van der Waals surface area contributed by atoms with Gasteiger partial charge in [0.1, 0.15) is 5.75 Å². The number of benzene rings is 2. The van der Waals surface area contributed by atoms with Crippen molar-refractivity contribution >= 4 is 50.7 Å². The van der Waals surface area contributed by atoms with Crippen LogP contribution in [0.2, 0.25) is 10.0 Å². The molecule has 1 unspecified atom stereocenters. The van der Waals surface area contributed by atoms with E-state index in [9.17, 15) is 4.79 Å². The number of aromatic nitrogens is 1. The maximum Gasteiger partial charge on any atom is 0.262 e. The van der Waals surface area contributed by atoms with Crippen LogP contribution in [0.1, 0.15) is 54.0 Å². The molecule has 3 heterocycles. The van der Waals surface area contributed by atoms with E-state index in [1.165, 1.54) is 17.5 Å². The van der Waals surface area contributed by atoms with Crippen molar-refractivity contribution in [2.45, 2.75) is 38.6 Å². The van der Waals surface area contributed by atoms with Gasteiger partial charge < -0.3 is 10.1 Å². The Hall–Kier alpha value is -2.67. The fourth-order valence-corrected chi connectivity index (χ4v) is 6.50. The summed E-state index contributed by atoms with van der Waals surface area (Å²) in [7, 11) is 0. The first-order valence-corrected chi connectivity index (χ1v) is 12.8. The monoisotopic (exact) mass is 528 g/mol. The van der Waals surface area contributed by atoms with Crippen LogP contribution in [0, 0.1) is 5.82 Å². The van der Waals surface area contributed by atoms with Crippen LogP contribution in [-0.4, -0.2) is 17.5 Å². The van der Waals surface area contributed by atoms with Gasteiger partial charge in [-0.3, -0.25) is 9.78 Å². The minimum atomic E-state index is -0.497. The molecule has 0 radical (unpaired) electrons. The quantitative estimate of drug-likeness (QED) is 0.293. The normalized spacial score (nSPS) is 15.5. The average molecular weight is 529 g/mol. The zero-order valence-electron chi connectivity index (χ0n) is 19.4. The van der Waals surface area contributed by atoms with E-state index >= 15 is 4.39 Å². The summed E-state index contributed by atoms with van der Waals surface area (Å²) in [6.45, 7) is 6.59. The number of amides is 1. The van der Waals surface area contributed by atoms with Crippen molar-refractivity contribution in [2.24, 2.45) is 0 Å². The smallest absolute Gasteiger partial charge is 0.262 e. The Morgan fingerprint density at radius 2 is 1.89 bits per heavy atom. The summed E-state index contributed by atoms with van der Waals surface area (Å²) < 4.78 is 21.5. The van der Waals surface area contributed by atoms with Gasteiger partial charge in [0.2, 0.25) is 0 Å². The minimum absolute atomic E-state index is 0.179. The number of hydrogen-bond acceptors (Lipinski definition) is 4. The van der Waals surface area contributed by atoms with Gasteiger partial charge in [0.25, 0.3) is 5.91 Å². The van der Waals surface area contributed by atoms with Gasteiger partial charge >= 0.3 is 0 Å². The van der Waals surface area contributed by atoms with Gasteiger partial charge in [-0.25, -0.2) is 4.39 Å². The molecule has 1 aliphatic rings. The highest BCUT2D eigenvalue weighted by Crippen LogP contribution is 2.44. The summed E-state index contributed by atoms with van der Waals surface area (Å²) in [5, 5.41) is 3.99. The molecule has 2 aromatic carbocycles. The van der Waals surface area contributed by atoms with Crippen LogP contribution in [0.15, 0.2) is 48.7 Å². The van der Waals surface area contributed by atoms with Crippen LogP contribution in [0.4, 0.5) is 4.39 Å². The number of thiophene rings is 1. The van der Waals surface area contributed by atoms with E-state index < -0.39 is 11.2 Å². The van der Waals surface area contributed by atoms with E-state index in [1.54, 1.807) is 18.2 Å². The lowest BCUT2D eigenvalue weighted by Gasteiger charge is -2.27. The molecule has 0 fully saturated rings. The molecular weight excluding hydrogens is 506 g/mol. The van der Waals surface area contributed by atoms with Gasteiger partial charge in [-0.05, 0) is 35.2 Å². The zero-order valence-corrected chi connectivity index (χ0v) is 21.7. The molecule has 0 bridgehead atoms. The molecule has 1 amide bonds. The second kappa shape index (κ2) is 9.08.